The molecule has 1 unspecified atom stereocenters. The molecule has 0 saturated heterocycles. The molecule has 0 aliphatic heterocycles. The largest absolute Gasteiger partial charge is 0.394 e. The van der Waals surface area contributed by atoms with Gasteiger partial charge in [0.2, 0.25) is 0 Å². The van der Waals surface area contributed by atoms with Crippen LogP contribution in [0.25, 0.3) is 0 Å². The topological polar surface area (TPSA) is 18.5 Å². The maximum Gasteiger partial charge on any atom is 0.337 e. The first-order chi connectivity index (χ1) is 14.2. The van der Waals surface area contributed by atoms with Crippen LogP contribution in [0.4, 0.5) is 0 Å². The molecule has 0 aliphatic rings. The van der Waals surface area contributed by atoms with Crippen LogP contribution in [0.3, 0.4) is 0 Å². The third-order valence-corrected chi connectivity index (χ3v) is 10.1. The quantitative estimate of drug-likeness (QED) is 0.119. The van der Waals surface area contributed by atoms with Crippen molar-refractivity contribution in [1.82, 2.24) is 0 Å². The number of hydrogen-bond donors (Lipinski definition) is 0. The van der Waals surface area contributed by atoms with Crippen molar-refractivity contribution in [3.05, 3.63) is 0 Å². The summed E-state index contributed by atoms with van der Waals surface area (Å²) in [4.78, 5) is 0. The zero-order valence-corrected chi connectivity index (χ0v) is 22.0. The van der Waals surface area contributed by atoms with Gasteiger partial charge in [-0.25, -0.2) is 0 Å². The molecule has 1 atom stereocenters. The fraction of sp³-hybridized carbons (Fsp3) is 1.00. The molecule has 0 radical (unpaired) electrons. The Balaban J connectivity index is 3.73. The van der Waals surface area contributed by atoms with Crippen molar-refractivity contribution in [3.63, 3.8) is 0 Å². The molecule has 176 valence electrons. The summed E-state index contributed by atoms with van der Waals surface area (Å²) in [5, 5.41) is 0. The van der Waals surface area contributed by atoms with Crippen molar-refractivity contribution in [2.75, 3.05) is 6.61 Å². The van der Waals surface area contributed by atoms with Gasteiger partial charge in [-0.3, -0.25) is 0 Å². The lowest BCUT2D eigenvalue weighted by molar-refractivity contribution is 0.101. The lowest BCUT2D eigenvalue weighted by Gasteiger charge is -2.33. The number of rotatable bonds is 23. The highest BCUT2D eigenvalue weighted by molar-refractivity contribution is 6.67. The molecule has 0 N–H and O–H groups in total. The predicted molar refractivity (Wildman–Crippen MR) is 133 cm³/mol. The monoisotopic (exact) mass is 428 g/mol. The molecule has 0 spiro atoms. The molecule has 3 heteroatoms. The predicted octanol–water partition coefficient (Wildman–Crippen LogP) is 9.56. The van der Waals surface area contributed by atoms with E-state index in [0.29, 0.717) is 6.10 Å². The van der Waals surface area contributed by atoms with E-state index in [9.17, 15) is 0 Å². The van der Waals surface area contributed by atoms with Crippen molar-refractivity contribution in [1.29, 1.82) is 0 Å². The second-order valence-electron chi connectivity index (χ2n) is 9.00. The van der Waals surface area contributed by atoms with Gasteiger partial charge in [0.1, 0.15) is 0 Å². The summed E-state index contributed by atoms with van der Waals surface area (Å²) in [6, 6.07) is 2.18. The molecule has 0 fully saturated rings. The number of unbranched alkanes of at least 4 members (excludes halogenated alkanes) is 13. The van der Waals surface area contributed by atoms with Gasteiger partial charge in [0, 0.05) is 12.7 Å². The summed E-state index contributed by atoms with van der Waals surface area (Å²) in [7, 11) is -1.98. The van der Waals surface area contributed by atoms with Gasteiger partial charge in [0.05, 0.1) is 0 Å². The zero-order chi connectivity index (χ0) is 21.6. The fourth-order valence-corrected chi connectivity index (χ4v) is 6.83. The van der Waals surface area contributed by atoms with Crippen molar-refractivity contribution >= 4 is 8.56 Å². The molecule has 29 heavy (non-hydrogen) atoms. The highest BCUT2D eigenvalue weighted by Crippen LogP contribution is 2.24. The van der Waals surface area contributed by atoms with E-state index in [-0.39, 0.29) is 0 Å². The van der Waals surface area contributed by atoms with Crippen molar-refractivity contribution in [2.45, 2.75) is 162 Å². The first-order valence-corrected chi connectivity index (χ1v) is 15.7. The van der Waals surface area contributed by atoms with Gasteiger partial charge >= 0.3 is 8.56 Å². The average molecular weight is 429 g/mol. The summed E-state index contributed by atoms with van der Waals surface area (Å²) in [5.74, 6) is 0. The lowest BCUT2D eigenvalue weighted by atomic mass is 10.0. The van der Waals surface area contributed by atoms with Crippen LogP contribution in [0, 0.1) is 0 Å². The normalized spacial score (nSPS) is 13.1. The van der Waals surface area contributed by atoms with Crippen molar-refractivity contribution in [3.8, 4) is 0 Å². The van der Waals surface area contributed by atoms with E-state index in [0.717, 1.165) is 25.1 Å². The molecule has 0 rings (SSSR count). The van der Waals surface area contributed by atoms with Gasteiger partial charge in [0.25, 0.3) is 0 Å². The molecule has 0 aromatic rings. The first-order valence-electron chi connectivity index (χ1n) is 13.5. The van der Waals surface area contributed by atoms with Crippen molar-refractivity contribution in [2.24, 2.45) is 0 Å². The minimum Gasteiger partial charge on any atom is -0.394 e. The minimum absolute atomic E-state index is 0.410. The molecular formula is C26H56O2Si. The van der Waals surface area contributed by atoms with Crippen LogP contribution in [0.15, 0.2) is 0 Å². The van der Waals surface area contributed by atoms with Crippen LogP contribution in [0.5, 0.6) is 0 Å². The first kappa shape index (κ1) is 29.1. The summed E-state index contributed by atoms with van der Waals surface area (Å²) in [6.07, 6.45) is 23.5. The Morgan fingerprint density at radius 3 is 1.41 bits per heavy atom. The Kier molecular flexibility index (Phi) is 21.5. The molecular weight excluding hydrogens is 372 g/mol. The van der Waals surface area contributed by atoms with Gasteiger partial charge in [-0.1, -0.05) is 125 Å². The third kappa shape index (κ3) is 16.5. The second kappa shape index (κ2) is 21.4. The highest BCUT2D eigenvalue weighted by atomic mass is 28.4. The van der Waals surface area contributed by atoms with E-state index in [1.54, 1.807) is 0 Å². The van der Waals surface area contributed by atoms with E-state index in [1.807, 2.05) is 0 Å². The molecule has 0 aromatic heterocycles. The van der Waals surface area contributed by atoms with Crippen LogP contribution < -0.4 is 0 Å². The average Bonchev–Trinajstić information content (AvgIpc) is 2.75. The molecule has 0 saturated carbocycles. The summed E-state index contributed by atoms with van der Waals surface area (Å²) >= 11 is 0. The molecule has 0 aromatic carbocycles. The Labute approximate surface area is 186 Å². The lowest BCUT2D eigenvalue weighted by Crippen LogP contribution is -2.44. The molecule has 0 bridgehead atoms. The van der Waals surface area contributed by atoms with E-state index in [4.69, 9.17) is 8.85 Å². The number of hydrogen-bond acceptors (Lipinski definition) is 2. The molecule has 2 nitrogen and oxygen atoms in total. The van der Waals surface area contributed by atoms with E-state index in [2.05, 4.69) is 34.6 Å². The Morgan fingerprint density at radius 1 is 0.552 bits per heavy atom. The summed E-state index contributed by atoms with van der Waals surface area (Å²) in [6.45, 7) is 12.3. The van der Waals surface area contributed by atoms with Gasteiger partial charge in [-0.15, -0.1) is 0 Å². The van der Waals surface area contributed by atoms with Crippen molar-refractivity contribution < 1.29 is 8.85 Å². The van der Waals surface area contributed by atoms with Crippen LogP contribution in [0.1, 0.15) is 144 Å². The standard InChI is InChI=1S/C26H56O2Si/c1-6-11-13-14-15-16-17-18-19-20-21-22-23-25-27-29(9-4,10-5)28-26(8-3)24-12-7-2/h26H,6-25H2,1-5H3. The zero-order valence-electron chi connectivity index (χ0n) is 21.0. The highest BCUT2D eigenvalue weighted by Gasteiger charge is 2.35. The van der Waals surface area contributed by atoms with Crippen LogP contribution in [0.2, 0.25) is 12.1 Å². The minimum atomic E-state index is -1.98. The van der Waals surface area contributed by atoms with Crippen LogP contribution in [-0.2, 0) is 8.85 Å². The molecule has 0 aliphatic carbocycles. The Morgan fingerprint density at radius 2 is 1.00 bits per heavy atom. The van der Waals surface area contributed by atoms with Gasteiger partial charge in [-0.2, -0.15) is 0 Å². The van der Waals surface area contributed by atoms with Crippen LogP contribution >= 0.6 is 0 Å². The van der Waals surface area contributed by atoms with E-state index < -0.39 is 8.56 Å². The maximum absolute atomic E-state index is 6.62. The van der Waals surface area contributed by atoms with Crippen LogP contribution in [-0.4, -0.2) is 21.3 Å². The Bertz CT molecular complexity index is 318. The van der Waals surface area contributed by atoms with E-state index >= 15 is 0 Å². The summed E-state index contributed by atoms with van der Waals surface area (Å²) < 4.78 is 13.1. The summed E-state index contributed by atoms with van der Waals surface area (Å²) in [5.41, 5.74) is 0. The van der Waals surface area contributed by atoms with E-state index in [1.165, 1.54) is 103 Å². The fourth-order valence-electron chi connectivity index (χ4n) is 4.11. The third-order valence-electron chi connectivity index (χ3n) is 6.41. The molecule has 0 heterocycles. The maximum atomic E-state index is 6.62. The Hall–Kier alpha value is 0.137. The molecule has 0 amide bonds. The smallest absolute Gasteiger partial charge is 0.337 e. The SMILES string of the molecule is CCCCCCCCCCCCCCCO[Si](CC)(CC)OC(CC)CCCC. The van der Waals surface area contributed by atoms with Gasteiger partial charge in [0.15, 0.2) is 0 Å². The second-order valence-corrected chi connectivity index (χ2v) is 12.8. The van der Waals surface area contributed by atoms with Gasteiger partial charge in [-0.05, 0) is 31.4 Å². The van der Waals surface area contributed by atoms with Gasteiger partial charge < -0.3 is 8.85 Å².